The summed E-state index contributed by atoms with van der Waals surface area (Å²) in [6.45, 7) is 8.50. The molecule has 3 heterocycles. The molecule has 0 saturated carbocycles. The van der Waals surface area contributed by atoms with E-state index in [0.717, 1.165) is 49.1 Å². The van der Waals surface area contributed by atoms with Crippen LogP contribution in [0.4, 0.5) is 0 Å². The van der Waals surface area contributed by atoms with Crippen LogP contribution in [0.1, 0.15) is 18.4 Å². The predicted octanol–water partition coefficient (Wildman–Crippen LogP) is 2.74. The lowest BCUT2D eigenvalue weighted by Crippen LogP contribution is -2.38. The van der Waals surface area contributed by atoms with Gasteiger partial charge in [0.25, 0.3) is 0 Å². The molecule has 0 amide bonds. The van der Waals surface area contributed by atoms with Gasteiger partial charge in [0.15, 0.2) is 0 Å². The molecular formula is C23H31N5O. The summed E-state index contributed by atoms with van der Waals surface area (Å²) in [6.07, 6.45) is 8.66. The van der Waals surface area contributed by atoms with Crippen LogP contribution in [0, 0.1) is 0 Å². The molecule has 2 atom stereocenters. The number of fused-ring (bicyclic) bond motifs is 3. The molecule has 154 valence electrons. The monoisotopic (exact) mass is 393 g/mol. The standard InChI is InChI=1S/C23H31N5O/c1-3-17(14-28-15-19-12-18(28)16-29-19)13-27(2)11-5-9-26-23(24)21-6-4-7-22-20(21)8-10-25-22/h3-4,6-8,10,13,18-19,25H,1,5,9,11-12,14-16H2,2H3,(H2,24,26)/b17-13+/t18-,19-/m1/s1. The highest BCUT2D eigenvalue weighted by atomic mass is 16.5. The number of nitrogens with two attached hydrogens (primary N) is 1. The van der Waals surface area contributed by atoms with Gasteiger partial charge in [-0.05, 0) is 30.5 Å². The van der Waals surface area contributed by atoms with Gasteiger partial charge in [0.2, 0.25) is 0 Å². The first-order valence-electron chi connectivity index (χ1n) is 10.4. The second-order valence-corrected chi connectivity index (χ2v) is 8.03. The van der Waals surface area contributed by atoms with Crippen molar-refractivity contribution in [3.05, 3.63) is 60.5 Å². The molecule has 2 aromatic rings. The van der Waals surface area contributed by atoms with Crippen molar-refractivity contribution in [2.45, 2.75) is 25.0 Å². The summed E-state index contributed by atoms with van der Waals surface area (Å²) in [4.78, 5) is 12.5. The molecule has 1 aromatic heterocycles. The van der Waals surface area contributed by atoms with Gasteiger partial charge in [0, 0.05) is 68.1 Å². The molecule has 4 rings (SSSR count). The van der Waals surface area contributed by atoms with Crippen LogP contribution >= 0.6 is 0 Å². The number of rotatable bonds is 9. The van der Waals surface area contributed by atoms with Crippen LogP contribution < -0.4 is 5.73 Å². The van der Waals surface area contributed by atoms with Crippen LogP contribution in [0.2, 0.25) is 0 Å². The largest absolute Gasteiger partial charge is 0.383 e. The Morgan fingerprint density at radius 3 is 3.10 bits per heavy atom. The summed E-state index contributed by atoms with van der Waals surface area (Å²) in [7, 11) is 2.11. The summed E-state index contributed by atoms with van der Waals surface area (Å²) in [5.41, 5.74) is 9.57. The number of H-pyrrole nitrogens is 1. The lowest BCUT2D eigenvalue weighted by atomic mass is 10.1. The topological polar surface area (TPSA) is 69.9 Å². The van der Waals surface area contributed by atoms with E-state index in [9.17, 15) is 0 Å². The van der Waals surface area contributed by atoms with Crippen molar-refractivity contribution in [3.63, 3.8) is 0 Å². The van der Waals surface area contributed by atoms with Crippen molar-refractivity contribution in [1.29, 1.82) is 0 Å². The summed E-state index contributed by atoms with van der Waals surface area (Å²) in [5.74, 6) is 0.603. The zero-order chi connectivity index (χ0) is 20.2. The Morgan fingerprint density at radius 1 is 1.45 bits per heavy atom. The fourth-order valence-electron chi connectivity index (χ4n) is 4.33. The minimum Gasteiger partial charge on any atom is -0.383 e. The zero-order valence-corrected chi connectivity index (χ0v) is 17.2. The number of amidine groups is 1. The van der Waals surface area contributed by atoms with Gasteiger partial charge in [-0.25, -0.2) is 0 Å². The second kappa shape index (κ2) is 8.84. The molecule has 29 heavy (non-hydrogen) atoms. The fraction of sp³-hybridized carbons (Fsp3) is 0.435. The van der Waals surface area contributed by atoms with Crippen LogP contribution in [-0.4, -0.2) is 72.6 Å². The van der Waals surface area contributed by atoms with Crippen molar-refractivity contribution in [3.8, 4) is 0 Å². The van der Waals surface area contributed by atoms with Gasteiger partial charge in [-0.3, -0.25) is 9.89 Å². The molecule has 1 aromatic carbocycles. The summed E-state index contributed by atoms with van der Waals surface area (Å²) in [5, 5.41) is 1.12. The molecule has 0 radical (unpaired) electrons. The number of hydrogen-bond donors (Lipinski definition) is 2. The van der Waals surface area contributed by atoms with Crippen molar-refractivity contribution < 1.29 is 4.74 Å². The maximum atomic E-state index is 6.24. The number of nitrogens with one attached hydrogen (secondary N) is 1. The van der Waals surface area contributed by atoms with Gasteiger partial charge in [-0.15, -0.1) is 0 Å². The van der Waals surface area contributed by atoms with E-state index < -0.39 is 0 Å². The first kappa shape index (κ1) is 19.7. The molecule has 3 N–H and O–H groups in total. The van der Waals surface area contributed by atoms with E-state index in [0.29, 0.717) is 24.5 Å². The normalized spacial score (nSPS) is 22.5. The van der Waals surface area contributed by atoms with Crippen molar-refractivity contribution >= 4 is 16.7 Å². The predicted molar refractivity (Wildman–Crippen MR) is 119 cm³/mol. The van der Waals surface area contributed by atoms with Crippen LogP contribution in [0.25, 0.3) is 10.9 Å². The van der Waals surface area contributed by atoms with Crippen LogP contribution in [0.5, 0.6) is 0 Å². The van der Waals surface area contributed by atoms with Gasteiger partial charge in [0.1, 0.15) is 5.84 Å². The highest BCUT2D eigenvalue weighted by Gasteiger charge is 2.38. The first-order valence-corrected chi connectivity index (χ1v) is 10.4. The van der Waals surface area contributed by atoms with E-state index >= 15 is 0 Å². The molecule has 6 heteroatoms. The summed E-state index contributed by atoms with van der Waals surface area (Å²) in [6, 6.07) is 8.70. The van der Waals surface area contributed by atoms with E-state index in [-0.39, 0.29) is 0 Å². The molecule has 2 aliphatic rings. The Bertz CT molecular complexity index is 915. The second-order valence-electron chi connectivity index (χ2n) is 8.03. The van der Waals surface area contributed by atoms with Crippen molar-refractivity contribution in [1.82, 2.24) is 14.8 Å². The van der Waals surface area contributed by atoms with E-state index in [1.54, 1.807) is 0 Å². The molecule has 2 aliphatic heterocycles. The number of hydrogen-bond acceptors (Lipinski definition) is 4. The van der Waals surface area contributed by atoms with Crippen LogP contribution in [0.3, 0.4) is 0 Å². The lowest BCUT2D eigenvalue weighted by molar-refractivity contribution is 0.0347. The third-order valence-electron chi connectivity index (χ3n) is 5.87. The molecule has 2 saturated heterocycles. The van der Waals surface area contributed by atoms with Crippen molar-refractivity contribution in [2.24, 2.45) is 10.7 Å². The Morgan fingerprint density at radius 2 is 2.34 bits per heavy atom. The molecule has 6 nitrogen and oxygen atoms in total. The number of likely N-dealkylation sites (tertiary alicyclic amines) is 1. The number of morpholine rings is 1. The molecule has 0 aliphatic carbocycles. The highest BCUT2D eigenvalue weighted by molar-refractivity contribution is 6.08. The van der Waals surface area contributed by atoms with E-state index in [4.69, 9.17) is 10.5 Å². The minimum atomic E-state index is 0.434. The minimum absolute atomic E-state index is 0.434. The number of ether oxygens (including phenoxy) is 1. The summed E-state index contributed by atoms with van der Waals surface area (Å²) < 4.78 is 5.69. The SMILES string of the molecule is C=C/C(=C\N(C)CCC/N=C(\N)c1cccc2[nH]ccc12)CN1C[C@H]2C[C@@H]1CO2. The Labute approximate surface area is 172 Å². The van der Waals surface area contributed by atoms with Crippen molar-refractivity contribution in [2.75, 3.05) is 39.8 Å². The number of benzene rings is 1. The quantitative estimate of drug-likeness (QED) is 0.297. The first-order chi connectivity index (χ1) is 14.1. The average Bonchev–Trinajstić information content (AvgIpc) is 3.46. The molecule has 2 bridgehead atoms. The van der Waals surface area contributed by atoms with Crippen LogP contribution in [-0.2, 0) is 4.74 Å². The van der Waals surface area contributed by atoms with Gasteiger partial charge >= 0.3 is 0 Å². The molecular weight excluding hydrogens is 362 g/mol. The Kier molecular flexibility index (Phi) is 6.02. The van der Waals surface area contributed by atoms with Gasteiger partial charge in [-0.2, -0.15) is 0 Å². The zero-order valence-electron chi connectivity index (χ0n) is 17.2. The number of aromatic amines is 1. The smallest absolute Gasteiger partial charge is 0.126 e. The maximum Gasteiger partial charge on any atom is 0.126 e. The third kappa shape index (κ3) is 4.54. The van der Waals surface area contributed by atoms with Gasteiger partial charge in [0.05, 0.1) is 12.7 Å². The Balaban J connectivity index is 1.27. The summed E-state index contributed by atoms with van der Waals surface area (Å²) >= 11 is 0. The lowest BCUT2D eigenvalue weighted by Gasteiger charge is -2.27. The van der Waals surface area contributed by atoms with E-state index in [2.05, 4.69) is 39.6 Å². The van der Waals surface area contributed by atoms with E-state index in [1.165, 1.54) is 12.0 Å². The molecule has 0 spiro atoms. The highest BCUT2D eigenvalue weighted by Crippen LogP contribution is 2.28. The molecule has 2 fully saturated rings. The number of aromatic nitrogens is 1. The third-order valence-corrected chi connectivity index (χ3v) is 5.87. The van der Waals surface area contributed by atoms with E-state index in [1.807, 2.05) is 36.5 Å². The van der Waals surface area contributed by atoms with Gasteiger partial charge in [-0.1, -0.05) is 24.8 Å². The fourth-order valence-corrected chi connectivity index (χ4v) is 4.33. The van der Waals surface area contributed by atoms with Crippen LogP contribution in [0.15, 0.2) is 59.9 Å². The number of nitrogens with zero attached hydrogens (tertiary/aromatic N) is 3. The molecule has 0 unspecified atom stereocenters. The number of aliphatic imine (C=N–C) groups is 1. The Hall–Kier alpha value is -2.57. The van der Waals surface area contributed by atoms with Gasteiger partial charge < -0.3 is 20.4 Å². The average molecular weight is 394 g/mol. The maximum absolute atomic E-state index is 6.24.